The van der Waals surface area contributed by atoms with E-state index < -0.39 is 23.7 Å². The van der Waals surface area contributed by atoms with Crippen LogP contribution >= 0.6 is 0 Å². The van der Waals surface area contributed by atoms with Crippen molar-refractivity contribution in [3.05, 3.63) is 36.0 Å². The first-order valence-electron chi connectivity index (χ1n) is 3.59. The molecule has 0 aliphatic rings. The van der Waals surface area contributed by atoms with Crippen LogP contribution in [0.25, 0.3) is 0 Å². The molecule has 0 spiro atoms. The van der Waals surface area contributed by atoms with Crippen molar-refractivity contribution in [2.24, 2.45) is 0 Å². The van der Waals surface area contributed by atoms with Crippen molar-refractivity contribution in [2.45, 2.75) is 12.4 Å². The zero-order valence-corrected chi connectivity index (χ0v) is 7.08. The molecule has 0 N–H and O–H groups in total. The maximum Gasteiger partial charge on any atom is 0.433 e. The molecule has 0 saturated heterocycles. The van der Waals surface area contributed by atoms with Crippen molar-refractivity contribution < 1.29 is 26.3 Å². The predicted octanol–water partition coefficient (Wildman–Crippen LogP) is 3.30. The topological polar surface area (TPSA) is 12.9 Å². The summed E-state index contributed by atoms with van der Waals surface area (Å²) in [5.74, 6) is 0. The molecule has 0 unspecified atom stereocenters. The number of hydrogen-bond donors (Lipinski definition) is 0. The summed E-state index contributed by atoms with van der Waals surface area (Å²) in [5.41, 5.74) is -3.57. The predicted molar refractivity (Wildman–Crippen MR) is 38.7 cm³/mol. The molecule has 0 amide bonds. The van der Waals surface area contributed by atoms with E-state index in [4.69, 9.17) is 0 Å². The highest BCUT2D eigenvalue weighted by Gasteiger charge is 2.38. The SMILES string of the molecule is [CH2]c1cc(C(F)(F)F)nc(C(F)(F)F)c1. The Labute approximate surface area is 80.7 Å². The largest absolute Gasteiger partial charge is 0.433 e. The quantitative estimate of drug-likeness (QED) is 0.621. The zero-order chi connectivity index (χ0) is 11.9. The lowest BCUT2D eigenvalue weighted by Crippen LogP contribution is -2.15. The van der Waals surface area contributed by atoms with Gasteiger partial charge in [0.25, 0.3) is 0 Å². The fraction of sp³-hybridized carbons (Fsp3) is 0.250. The van der Waals surface area contributed by atoms with Gasteiger partial charge in [-0.15, -0.1) is 0 Å². The van der Waals surface area contributed by atoms with Gasteiger partial charge < -0.3 is 0 Å². The molecule has 1 aromatic rings. The van der Waals surface area contributed by atoms with Gasteiger partial charge in [-0.3, -0.25) is 0 Å². The van der Waals surface area contributed by atoms with Crippen molar-refractivity contribution in [3.63, 3.8) is 0 Å². The third kappa shape index (κ3) is 2.84. The van der Waals surface area contributed by atoms with Crippen molar-refractivity contribution in [2.75, 3.05) is 0 Å². The molecule has 0 fully saturated rings. The van der Waals surface area contributed by atoms with Gasteiger partial charge in [0, 0.05) is 0 Å². The number of hydrogen-bond acceptors (Lipinski definition) is 1. The smallest absolute Gasteiger partial charge is 0.239 e. The molecule has 0 saturated carbocycles. The lowest BCUT2D eigenvalue weighted by molar-refractivity contribution is -0.150. The van der Waals surface area contributed by atoms with Crippen LogP contribution in [0.3, 0.4) is 0 Å². The molecule has 1 nitrogen and oxygen atoms in total. The van der Waals surface area contributed by atoms with Crippen molar-refractivity contribution in [3.8, 4) is 0 Å². The number of nitrogens with zero attached hydrogens (tertiary/aromatic N) is 1. The molecule has 7 heteroatoms. The van der Waals surface area contributed by atoms with Crippen molar-refractivity contribution in [1.82, 2.24) is 4.98 Å². The first-order valence-corrected chi connectivity index (χ1v) is 3.59. The maximum atomic E-state index is 12.1. The van der Waals surface area contributed by atoms with E-state index in [9.17, 15) is 26.3 Å². The molecule has 1 radical (unpaired) electrons. The number of halogens is 6. The van der Waals surface area contributed by atoms with Gasteiger partial charge in [-0.2, -0.15) is 26.3 Å². The molecule has 0 aliphatic carbocycles. The Bertz CT molecular complexity index is 332. The molecule has 1 rings (SSSR count). The lowest BCUT2D eigenvalue weighted by atomic mass is 10.2. The summed E-state index contributed by atoms with van der Waals surface area (Å²) in [4.78, 5) is 2.49. The van der Waals surface area contributed by atoms with Gasteiger partial charge in [-0.05, 0) is 24.6 Å². The summed E-state index contributed by atoms with van der Waals surface area (Å²) in [5, 5.41) is 0. The second-order valence-corrected chi connectivity index (χ2v) is 2.74. The van der Waals surface area contributed by atoms with Crippen LogP contribution in [-0.4, -0.2) is 4.98 Å². The highest BCUT2D eigenvalue weighted by Crippen LogP contribution is 2.33. The van der Waals surface area contributed by atoms with Gasteiger partial charge >= 0.3 is 12.4 Å². The molecule has 0 aliphatic heterocycles. The van der Waals surface area contributed by atoms with E-state index in [1.807, 2.05) is 0 Å². The average Bonchev–Trinajstić information content (AvgIpc) is 1.99. The van der Waals surface area contributed by atoms with Crippen molar-refractivity contribution in [1.29, 1.82) is 0 Å². The standard InChI is InChI=1S/C8H4F6N/c1-4-2-5(7(9,10)11)15-6(3-4)8(12,13)14/h2-3H,1H2. The summed E-state index contributed by atoms with van der Waals surface area (Å²) in [6.07, 6.45) is -9.82. The van der Waals surface area contributed by atoms with Gasteiger partial charge in [-0.25, -0.2) is 4.98 Å². The van der Waals surface area contributed by atoms with E-state index >= 15 is 0 Å². The Hall–Kier alpha value is -1.27. The maximum absolute atomic E-state index is 12.1. The highest BCUT2D eigenvalue weighted by molar-refractivity contribution is 5.26. The molecule has 0 bridgehead atoms. The lowest BCUT2D eigenvalue weighted by Gasteiger charge is -2.11. The van der Waals surface area contributed by atoms with Crippen LogP contribution in [0.5, 0.6) is 0 Å². The summed E-state index contributed by atoms with van der Waals surface area (Å²) in [6, 6.07) is 0.907. The molecular weight excluding hydrogens is 224 g/mol. The van der Waals surface area contributed by atoms with Crippen LogP contribution in [0.2, 0.25) is 0 Å². The van der Waals surface area contributed by atoms with Gasteiger partial charge in [0.15, 0.2) is 0 Å². The van der Waals surface area contributed by atoms with Gasteiger partial charge in [0.1, 0.15) is 11.4 Å². The summed E-state index contributed by atoms with van der Waals surface area (Å²) >= 11 is 0. The van der Waals surface area contributed by atoms with Crippen LogP contribution in [0, 0.1) is 6.92 Å². The second kappa shape index (κ2) is 3.39. The number of alkyl halides is 6. The Balaban J connectivity index is 3.30. The number of rotatable bonds is 0. The molecular formula is C8H4F6N. The van der Waals surface area contributed by atoms with Crippen molar-refractivity contribution >= 4 is 0 Å². The second-order valence-electron chi connectivity index (χ2n) is 2.74. The molecule has 15 heavy (non-hydrogen) atoms. The Kier molecular flexibility index (Phi) is 2.67. The first-order chi connectivity index (χ1) is 6.60. The van der Waals surface area contributed by atoms with Crippen LogP contribution in [0.4, 0.5) is 26.3 Å². The minimum Gasteiger partial charge on any atom is -0.239 e. The van der Waals surface area contributed by atoms with E-state index in [0.717, 1.165) is 0 Å². The third-order valence-corrected chi connectivity index (χ3v) is 1.47. The minimum atomic E-state index is -4.91. The fourth-order valence-corrected chi connectivity index (χ4v) is 0.878. The van der Waals surface area contributed by atoms with Gasteiger partial charge in [-0.1, -0.05) is 0 Å². The summed E-state index contributed by atoms with van der Waals surface area (Å²) < 4.78 is 72.5. The monoisotopic (exact) mass is 228 g/mol. The van der Waals surface area contributed by atoms with E-state index in [1.165, 1.54) is 0 Å². The summed E-state index contributed by atoms with van der Waals surface area (Å²) in [7, 11) is 0. The highest BCUT2D eigenvalue weighted by atomic mass is 19.4. The normalized spacial score (nSPS) is 13.0. The van der Waals surface area contributed by atoms with Gasteiger partial charge in [0.2, 0.25) is 0 Å². The third-order valence-electron chi connectivity index (χ3n) is 1.47. The molecule has 0 aromatic carbocycles. The van der Waals surface area contributed by atoms with Crippen LogP contribution in [0.1, 0.15) is 17.0 Å². The molecule has 1 aromatic heterocycles. The van der Waals surface area contributed by atoms with E-state index in [2.05, 4.69) is 11.9 Å². The molecule has 1 heterocycles. The van der Waals surface area contributed by atoms with Crippen LogP contribution < -0.4 is 0 Å². The zero-order valence-electron chi connectivity index (χ0n) is 7.08. The van der Waals surface area contributed by atoms with Crippen LogP contribution in [-0.2, 0) is 12.4 Å². The average molecular weight is 228 g/mol. The van der Waals surface area contributed by atoms with Gasteiger partial charge in [0.05, 0.1) is 0 Å². The van der Waals surface area contributed by atoms with Crippen LogP contribution in [0.15, 0.2) is 12.1 Å². The number of pyridine rings is 1. The Morgan fingerprint density at radius 3 is 1.47 bits per heavy atom. The fourth-order valence-electron chi connectivity index (χ4n) is 0.878. The first kappa shape index (κ1) is 11.8. The minimum absolute atomic E-state index is 0.385. The Morgan fingerprint density at radius 1 is 0.867 bits per heavy atom. The Morgan fingerprint density at radius 2 is 1.20 bits per heavy atom. The summed E-state index contributed by atoms with van der Waals surface area (Å²) in [6.45, 7) is 3.03. The van der Waals surface area contributed by atoms with E-state index in [1.54, 1.807) is 0 Å². The van der Waals surface area contributed by atoms with E-state index in [0.29, 0.717) is 12.1 Å². The molecule has 83 valence electrons. The number of aromatic nitrogens is 1. The van der Waals surface area contributed by atoms with E-state index in [-0.39, 0.29) is 5.56 Å². The molecule has 0 atom stereocenters.